The first-order chi connectivity index (χ1) is 11.0. The Labute approximate surface area is 135 Å². The van der Waals surface area contributed by atoms with Crippen molar-refractivity contribution in [2.75, 3.05) is 26.8 Å². The minimum atomic E-state index is -0.981. The third kappa shape index (κ3) is 3.51. The van der Waals surface area contributed by atoms with Crippen LogP contribution in [0.4, 0.5) is 0 Å². The molecule has 122 valence electrons. The molecule has 0 unspecified atom stereocenters. The first-order valence-corrected chi connectivity index (χ1v) is 7.55. The molecular weight excluding hydrogens is 296 g/mol. The molecule has 6 heteroatoms. The Kier molecular flexibility index (Phi) is 5.35. The molecule has 1 fully saturated rings. The van der Waals surface area contributed by atoms with Gasteiger partial charge in [0.1, 0.15) is 0 Å². The minimum Gasteiger partial charge on any atom is -0.481 e. The first-order valence-electron chi connectivity index (χ1n) is 7.55. The molecule has 1 heterocycles. The lowest BCUT2D eigenvalue weighted by Gasteiger charge is -2.40. The number of carbonyl (C=O) groups is 2. The highest BCUT2D eigenvalue weighted by molar-refractivity contribution is 5.97. The summed E-state index contributed by atoms with van der Waals surface area (Å²) in [5.41, 5.74) is -0.352. The zero-order valence-corrected chi connectivity index (χ0v) is 13.1. The fourth-order valence-electron chi connectivity index (χ4n) is 3.03. The van der Waals surface area contributed by atoms with Gasteiger partial charge in [0.25, 0.3) is 5.91 Å². The van der Waals surface area contributed by atoms with Crippen LogP contribution in [0.15, 0.2) is 24.3 Å². The van der Waals surface area contributed by atoms with Crippen LogP contribution in [0, 0.1) is 16.7 Å². The van der Waals surface area contributed by atoms with Crippen molar-refractivity contribution >= 4 is 11.9 Å². The monoisotopic (exact) mass is 316 g/mol. The summed E-state index contributed by atoms with van der Waals surface area (Å²) in [5.74, 6) is -1.19. The summed E-state index contributed by atoms with van der Waals surface area (Å²) in [6, 6.07) is 8.61. The van der Waals surface area contributed by atoms with E-state index in [9.17, 15) is 14.7 Å². The molecule has 1 N–H and O–H groups in total. The number of hydrogen-bond donors (Lipinski definition) is 1. The van der Waals surface area contributed by atoms with E-state index in [4.69, 9.17) is 10.00 Å². The van der Waals surface area contributed by atoms with E-state index in [1.165, 1.54) is 7.11 Å². The zero-order chi connectivity index (χ0) is 16.9. The summed E-state index contributed by atoms with van der Waals surface area (Å²) in [7, 11) is 1.53. The number of likely N-dealkylation sites (tertiary alicyclic amines) is 1. The highest BCUT2D eigenvalue weighted by Gasteiger charge is 2.43. The SMILES string of the molecule is COCC[C@@]1(C(=O)O)CCCN(C(=O)c2ccccc2C#N)C1. The Balaban J connectivity index is 2.24. The van der Waals surface area contributed by atoms with Gasteiger partial charge in [0.15, 0.2) is 0 Å². The number of hydrogen-bond acceptors (Lipinski definition) is 4. The van der Waals surface area contributed by atoms with Gasteiger partial charge >= 0.3 is 5.97 Å². The molecular formula is C17H20N2O4. The molecule has 0 aliphatic carbocycles. The van der Waals surface area contributed by atoms with E-state index >= 15 is 0 Å². The van der Waals surface area contributed by atoms with Crippen molar-refractivity contribution in [1.29, 1.82) is 5.26 Å². The molecule has 1 aromatic carbocycles. The van der Waals surface area contributed by atoms with Crippen molar-refractivity contribution in [3.8, 4) is 6.07 Å². The number of carboxylic acids is 1. The maximum absolute atomic E-state index is 12.7. The Hall–Kier alpha value is -2.39. The molecule has 1 aromatic rings. The fourth-order valence-corrected chi connectivity index (χ4v) is 3.03. The van der Waals surface area contributed by atoms with Crippen molar-refractivity contribution in [3.63, 3.8) is 0 Å². The van der Waals surface area contributed by atoms with Crippen LogP contribution in [0.5, 0.6) is 0 Å². The molecule has 0 radical (unpaired) electrons. The first kappa shape index (κ1) is 17.0. The summed E-state index contributed by atoms with van der Waals surface area (Å²) >= 11 is 0. The Morgan fingerprint density at radius 1 is 1.43 bits per heavy atom. The molecule has 1 amide bonds. The number of nitrogens with zero attached hydrogens (tertiary/aromatic N) is 2. The van der Waals surface area contributed by atoms with E-state index in [1.54, 1.807) is 29.2 Å². The molecule has 2 rings (SSSR count). The van der Waals surface area contributed by atoms with E-state index < -0.39 is 11.4 Å². The van der Waals surface area contributed by atoms with Crippen LogP contribution in [-0.2, 0) is 9.53 Å². The summed E-state index contributed by atoms with van der Waals surface area (Å²) < 4.78 is 5.03. The average Bonchev–Trinajstić information content (AvgIpc) is 2.59. The van der Waals surface area contributed by atoms with E-state index in [-0.39, 0.29) is 12.5 Å². The van der Waals surface area contributed by atoms with Crippen LogP contribution >= 0.6 is 0 Å². The summed E-state index contributed by atoms with van der Waals surface area (Å²) in [5, 5.41) is 18.8. The molecule has 0 spiro atoms. The smallest absolute Gasteiger partial charge is 0.311 e. The van der Waals surface area contributed by atoms with E-state index in [0.29, 0.717) is 43.5 Å². The number of carbonyl (C=O) groups excluding carboxylic acids is 1. The van der Waals surface area contributed by atoms with Crippen molar-refractivity contribution in [1.82, 2.24) is 4.90 Å². The molecule has 0 saturated carbocycles. The lowest BCUT2D eigenvalue weighted by atomic mass is 9.77. The molecule has 1 aliphatic heterocycles. The minimum absolute atomic E-state index is 0.143. The largest absolute Gasteiger partial charge is 0.481 e. The number of rotatable bonds is 5. The second kappa shape index (κ2) is 7.25. The van der Waals surface area contributed by atoms with Crippen molar-refractivity contribution < 1.29 is 19.4 Å². The Morgan fingerprint density at radius 3 is 2.83 bits per heavy atom. The van der Waals surface area contributed by atoms with Crippen LogP contribution in [0.1, 0.15) is 35.2 Å². The second-order valence-corrected chi connectivity index (χ2v) is 5.82. The molecule has 1 atom stereocenters. The number of benzene rings is 1. The number of carboxylic acid groups (broad SMARTS) is 1. The average molecular weight is 316 g/mol. The standard InChI is InChI=1S/C17H20N2O4/c1-23-10-8-17(16(21)22)7-4-9-19(12-17)15(20)14-6-3-2-5-13(14)11-18/h2-3,5-6H,4,7-10,12H2,1H3,(H,21,22)/t17-/m0/s1. The lowest BCUT2D eigenvalue weighted by Crippen LogP contribution is -2.50. The third-order valence-electron chi connectivity index (χ3n) is 4.38. The van der Waals surface area contributed by atoms with Crippen LogP contribution in [0.2, 0.25) is 0 Å². The van der Waals surface area contributed by atoms with Crippen LogP contribution in [-0.4, -0.2) is 48.7 Å². The van der Waals surface area contributed by atoms with Crippen molar-refractivity contribution in [2.24, 2.45) is 5.41 Å². The van der Waals surface area contributed by atoms with Gasteiger partial charge in [-0.05, 0) is 31.4 Å². The van der Waals surface area contributed by atoms with Gasteiger partial charge in [0.05, 0.1) is 22.6 Å². The number of amides is 1. The molecule has 0 aromatic heterocycles. The van der Waals surface area contributed by atoms with E-state index in [2.05, 4.69) is 0 Å². The highest BCUT2D eigenvalue weighted by atomic mass is 16.5. The molecule has 0 bridgehead atoms. The van der Waals surface area contributed by atoms with Crippen molar-refractivity contribution in [2.45, 2.75) is 19.3 Å². The Morgan fingerprint density at radius 2 is 2.17 bits per heavy atom. The maximum atomic E-state index is 12.7. The summed E-state index contributed by atoms with van der Waals surface area (Å²) in [6.45, 7) is 0.980. The van der Waals surface area contributed by atoms with Gasteiger partial charge in [-0.15, -0.1) is 0 Å². The Bertz CT molecular complexity index is 638. The molecule has 6 nitrogen and oxygen atoms in total. The maximum Gasteiger partial charge on any atom is 0.311 e. The summed E-state index contributed by atoms with van der Waals surface area (Å²) in [6.07, 6.45) is 1.51. The van der Waals surface area contributed by atoms with Gasteiger partial charge in [0, 0.05) is 26.8 Å². The molecule has 23 heavy (non-hydrogen) atoms. The molecule has 1 saturated heterocycles. The van der Waals surface area contributed by atoms with Gasteiger partial charge < -0.3 is 14.7 Å². The van der Waals surface area contributed by atoms with Crippen LogP contribution in [0.3, 0.4) is 0 Å². The van der Waals surface area contributed by atoms with E-state index in [1.807, 2.05) is 6.07 Å². The van der Waals surface area contributed by atoms with Crippen LogP contribution < -0.4 is 0 Å². The van der Waals surface area contributed by atoms with Crippen molar-refractivity contribution in [3.05, 3.63) is 35.4 Å². The highest BCUT2D eigenvalue weighted by Crippen LogP contribution is 2.34. The third-order valence-corrected chi connectivity index (χ3v) is 4.38. The predicted octanol–water partition coefficient (Wildman–Crippen LogP) is 1.90. The number of aliphatic carboxylic acids is 1. The van der Waals surface area contributed by atoms with Gasteiger partial charge in [-0.25, -0.2) is 0 Å². The number of methoxy groups -OCH3 is 1. The summed E-state index contributed by atoms with van der Waals surface area (Å²) in [4.78, 5) is 26.0. The number of piperidine rings is 1. The number of nitriles is 1. The predicted molar refractivity (Wildman–Crippen MR) is 82.9 cm³/mol. The lowest BCUT2D eigenvalue weighted by molar-refractivity contribution is -0.153. The quantitative estimate of drug-likeness (QED) is 0.896. The van der Waals surface area contributed by atoms with Crippen LogP contribution in [0.25, 0.3) is 0 Å². The van der Waals surface area contributed by atoms with Gasteiger partial charge in [-0.2, -0.15) is 5.26 Å². The van der Waals surface area contributed by atoms with E-state index in [0.717, 1.165) is 0 Å². The molecule has 1 aliphatic rings. The number of ether oxygens (including phenoxy) is 1. The normalized spacial score (nSPS) is 20.8. The van der Waals surface area contributed by atoms with Gasteiger partial charge in [-0.3, -0.25) is 9.59 Å². The topological polar surface area (TPSA) is 90.6 Å². The second-order valence-electron chi connectivity index (χ2n) is 5.82. The van der Waals surface area contributed by atoms with Gasteiger partial charge in [0.2, 0.25) is 0 Å². The fraction of sp³-hybridized carbons (Fsp3) is 0.471. The van der Waals surface area contributed by atoms with Gasteiger partial charge in [-0.1, -0.05) is 12.1 Å². The zero-order valence-electron chi connectivity index (χ0n) is 13.1.